The van der Waals surface area contributed by atoms with Crippen molar-refractivity contribution >= 4 is 11.6 Å². The van der Waals surface area contributed by atoms with Crippen LogP contribution in [0.2, 0.25) is 5.15 Å². The second-order valence-corrected chi connectivity index (χ2v) is 4.52. The predicted molar refractivity (Wildman–Crippen MR) is 69.5 cm³/mol. The molecule has 0 aliphatic heterocycles. The van der Waals surface area contributed by atoms with Gasteiger partial charge in [-0.2, -0.15) is 5.10 Å². The van der Waals surface area contributed by atoms with Gasteiger partial charge in [0.05, 0.1) is 24.1 Å². The van der Waals surface area contributed by atoms with Crippen LogP contribution in [0.1, 0.15) is 23.9 Å². The largest absolute Gasteiger partial charge is 0.311 e. The van der Waals surface area contributed by atoms with Gasteiger partial charge in [0.2, 0.25) is 0 Å². The lowest BCUT2D eigenvalue weighted by atomic mass is 10.2. The van der Waals surface area contributed by atoms with E-state index in [2.05, 4.69) is 27.7 Å². The van der Waals surface area contributed by atoms with Crippen LogP contribution in [0.4, 0.5) is 0 Å². The Morgan fingerprint density at radius 3 is 2.83 bits per heavy atom. The van der Waals surface area contributed by atoms with E-state index in [9.17, 15) is 0 Å². The van der Waals surface area contributed by atoms with Gasteiger partial charge >= 0.3 is 0 Å². The summed E-state index contributed by atoms with van der Waals surface area (Å²) in [7, 11) is 1.83. The molecule has 0 unspecified atom stereocenters. The van der Waals surface area contributed by atoms with E-state index in [1.54, 1.807) is 9.36 Å². The Bertz CT molecular complexity index is 530. The summed E-state index contributed by atoms with van der Waals surface area (Å²) in [5.41, 5.74) is 2.83. The molecule has 0 atom stereocenters. The molecule has 0 saturated heterocycles. The van der Waals surface area contributed by atoms with E-state index < -0.39 is 0 Å². The van der Waals surface area contributed by atoms with Gasteiger partial charge < -0.3 is 5.32 Å². The van der Waals surface area contributed by atoms with Crippen molar-refractivity contribution in [3.63, 3.8) is 0 Å². The second kappa shape index (κ2) is 5.49. The first-order chi connectivity index (χ1) is 8.61. The summed E-state index contributed by atoms with van der Waals surface area (Å²) >= 11 is 6.18. The molecule has 0 amide bonds. The van der Waals surface area contributed by atoms with Gasteiger partial charge in [0.1, 0.15) is 5.15 Å². The summed E-state index contributed by atoms with van der Waals surface area (Å²) in [6, 6.07) is 0. The Morgan fingerprint density at radius 1 is 1.44 bits per heavy atom. The van der Waals surface area contributed by atoms with Gasteiger partial charge in [0.25, 0.3) is 0 Å². The first kappa shape index (κ1) is 13.0. The number of aryl methyl sites for hydroxylation is 2. The van der Waals surface area contributed by atoms with Crippen molar-refractivity contribution in [3.8, 4) is 0 Å². The van der Waals surface area contributed by atoms with E-state index in [-0.39, 0.29) is 0 Å². The topological polar surface area (TPSA) is 60.6 Å². The molecule has 98 valence electrons. The standard InChI is InChI=1S/C11H17ClN6/c1-4-13-5-9-6-18(16-14-9)7-10-8(2)15-17(3)11(10)12/h6,13H,4-5,7H2,1-3H3. The van der Waals surface area contributed by atoms with Crippen LogP contribution < -0.4 is 5.32 Å². The maximum atomic E-state index is 6.18. The van der Waals surface area contributed by atoms with E-state index in [4.69, 9.17) is 11.6 Å². The molecule has 18 heavy (non-hydrogen) atoms. The zero-order chi connectivity index (χ0) is 13.1. The van der Waals surface area contributed by atoms with Crippen molar-refractivity contribution in [2.24, 2.45) is 7.05 Å². The SMILES string of the molecule is CCNCc1cn(Cc2c(C)nn(C)c2Cl)nn1. The highest BCUT2D eigenvalue weighted by Crippen LogP contribution is 2.19. The average Bonchev–Trinajstić information content (AvgIpc) is 2.88. The molecule has 0 fully saturated rings. The van der Waals surface area contributed by atoms with Crippen LogP contribution >= 0.6 is 11.6 Å². The Balaban J connectivity index is 2.11. The van der Waals surface area contributed by atoms with Crippen molar-refractivity contribution in [3.05, 3.63) is 28.3 Å². The number of nitrogens with one attached hydrogen (secondary N) is 1. The molecular weight excluding hydrogens is 252 g/mol. The minimum absolute atomic E-state index is 0.595. The Morgan fingerprint density at radius 2 is 2.22 bits per heavy atom. The van der Waals surface area contributed by atoms with Crippen LogP contribution in [-0.2, 0) is 20.1 Å². The number of rotatable bonds is 5. The lowest BCUT2D eigenvalue weighted by molar-refractivity contribution is 0.645. The maximum Gasteiger partial charge on any atom is 0.132 e. The van der Waals surface area contributed by atoms with Crippen molar-refractivity contribution in [2.75, 3.05) is 6.54 Å². The van der Waals surface area contributed by atoms with Gasteiger partial charge in [-0.1, -0.05) is 23.7 Å². The summed E-state index contributed by atoms with van der Waals surface area (Å²) < 4.78 is 3.45. The summed E-state index contributed by atoms with van der Waals surface area (Å²) in [6.45, 7) is 6.25. The zero-order valence-electron chi connectivity index (χ0n) is 10.8. The van der Waals surface area contributed by atoms with E-state index in [1.807, 2.05) is 20.2 Å². The van der Waals surface area contributed by atoms with E-state index in [0.717, 1.165) is 30.0 Å². The lowest BCUT2D eigenvalue weighted by Gasteiger charge is -2.00. The maximum absolute atomic E-state index is 6.18. The molecule has 0 radical (unpaired) electrons. The third kappa shape index (κ3) is 2.70. The normalized spacial score (nSPS) is 11.1. The van der Waals surface area contributed by atoms with Crippen LogP contribution in [-0.4, -0.2) is 31.3 Å². The lowest BCUT2D eigenvalue weighted by Crippen LogP contribution is -2.11. The summed E-state index contributed by atoms with van der Waals surface area (Å²) in [5, 5.41) is 16.3. The molecule has 0 saturated carbocycles. The highest BCUT2D eigenvalue weighted by molar-refractivity contribution is 6.30. The molecule has 0 aromatic carbocycles. The van der Waals surface area contributed by atoms with E-state index in [1.165, 1.54) is 0 Å². The molecule has 6 nitrogen and oxygen atoms in total. The monoisotopic (exact) mass is 268 g/mol. The first-order valence-corrected chi connectivity index (χ1v) is 6.27. The molecular formula is C11H17ClN6. The second-order valence-electron chi connectivity index (χ2n) is 4.17. The van der Waals surface area contributed by atoms with Crippen molar-refractivity contribution in [1.29, 1.82) is 0 Å². The number of nitrogens with zero attached hydrogens (tertiary/aromatic N) is 5. The Kier molecular flexibility index (Phi) is 3.98. The smallest absolute Gasteiger partial charge is 0.132 e. The van der Waals surface area contributed by atoms with Crippen molar-refractivity contribution < 1.29 is 0 Å². The number of hydrogen-bond acceptors (Lipinski definition) is 4. The number of hydrogen-bond donors (Lipinski definition) is 1. The quantitative estimate of drug-likeness (QED) is 0.883. The summed E-state index contributed by atoms with van der Waals surface area (Å²) in [4.78, 5) is 0. The van der Waals surface area contributed by atoms with Crippen LogP contribution in [0, 0.1) is 6.92 Å². The molecule has 2 aromatic heterocycles. The third-order valence-corrected chi connectivity index (χ3v) is 3.20. The minimum Gasteiger partial charge on any atom is -0.311 e. The molecule has 0 aliphatic carbocycles. The first-order valence-electron chi connectivity index (χ1n) is 5.89. The number of halogens is 1. The molecule has 2 aromatic rings. The zero-order valence-corrected chi connectivity index (χ0v) is 11.6. The molecule has 0 spiro atoms. The fourth-order valence-electron chi connectivity index (χ4n) is 1.77. The van der Waals surface area contributed by atoms with Gasteiger partial charge in [0.15, 0.2) is 0 Å². The van der Waals surface area contributed by atoms with Crippen LogP contribution in [0.5, 0.6) is 0 Å². The highest BCUT2D eigenvalue weighted by atomic mass is 35.5. The van der Waals surface area contributed by atoms with Crippen LogP contribution in [0.3, 0.4) is 0 Å². The fraction of sp³-hybridized carbons (Fsp3) is 0.545. The molecule has 0 bridgehead atoms. The molecule has 2 rings (SSSR count). The molecule has 2 heterocycles. The predicted octanol–water partition coefficient (Wildman–Crippen LogP) is 1.13. The molecule has 7 heteroatoms. The fourth-order valence-corrected chi connectivity index (χ4v) is 2.00. The summed E-state index contributed by atoms with van der Waals surface area (Å²) in [6.07, 6.45) is 1.92. The highest BCUT2D eigenvalue weighted by Gasteiger charge is 2.12. The molecule has 1 N–H and O–H groups in total. The Labute approximate surface area is 111 Å². The third-order valence-electron chi connectivity index (χ3n) is 2.73. The van der Waals surface area contributed by atoms with Crippen LogP contribution in [0.25, 0.3) is 0 Å². The minimum atomic E-state index is 0.595. The van der Waals surface area contributed by atoms with Gasteiger partial charge in [0, 0.05) is 19.2 Å². The van der Waals surface area contributed by atoms with Gasteiger partial charge in [-0.3, -0.25) is 4.68 Å². The average molecular weight is 269 g/mol. The van der Waals surface area contributed by atoms with Gasteiger partial charge in [-0.15, -0.1) is 5.10 Å². The van der Waals surface area contributed by atoms with Crippen molar-refractivity contribution in [1.82, 2.24) is 30.1 Å². The van der Waals surface area contributed by atoms with E-state index >= 15 is 0 Å². The molecule has 0 aliphatic rings. The van der Waals surface area contributed by atoms with E-state index in [0.29, 0.717) is 11.7 Å². The Hall–Kier alpha value is -1.40. The number of aromatic nitrogens is 5. The van der Waals surface area contributed by atoms with Gasteiger partial charge in [-0.25, -0.2) is 4.68 Å². The van der Waals surface area contributed by atoms with Gasteiger partial charge in [-0.05, 0) is 13.5 Å². The van der Waals surface area contributed by atoms with Crippen LogP contribution in [0.15, 0.2) is 6.20 Å². The summed E-state index contributed by atoms with van der Waals surface area (Å²) in [5.74, 6) is 0. The van der Waals surface area contributed by atoms with Crippen molar-refractivity contribution in [2.45, 2.75) is 26.9 Å².